The van der Waals surface area contributed by atoms with Gasteiger partial charge in [-0.15, -0.1) is 0 Å². The number of nitrogens with two attached hydrogens (primary N) is 2. The maximum absolute atomic E-state index is 12.0. The van der Waals surface area contributed by atoms with E-state index in [4.69, 9.17) is 25.7 Å². The number of rotatable bonds is 8. The second-order valence-corrected chi connectivity index (χ2v) is 4.07. The maximum atomic E-state index is 12.0. The average molecular weight is 297 g/mol. The Labute approximate surface area is 122 Å². The smallest absolute Gasteiger partial charge is 0.253 e. The van der Waals surface area contributed by atoms with Crippen molar-refractivity contribution >= 4 is 17.5 Å². The lowest BCUT2D eigenvalue weighted by Gasteiger charge is -2.12. The maximum Gasteiger partial charge on any atom is 0.253 e. The van der Waals surface area contributed by atoms with E-state index in [9.17, 15) is 9.59 Å². The summed E-state index contributed by atoms with van der Waals surface area (Å²) in [4.78, 5) is 22.5. The summed E-state index contributed by atoms with van der Waals surface area (Å²) in [5, 5.41) is 2.61. The van der Waals surface area contributed by atoms with E-state index < -0.39 is 5.91 Å². The van der Waals surface area contributed by atoms with Crippen LogP contribution in [0.4, 0.5) is 5.69 Å². The first-order valence-electron chi connectivity index (χ1n) is 6.15. The quantitative estimate of drug-likeness (QED) is 0.439. The van der Waals surface area contributed by atoms with Crippen LogP contribution in [0, 0.1) is 0 Å². The van der Waals surface area contributed by atoms with Crippen molar-refractivity contribution in [3.8, 4) is 11.5 Å². The normalized spacial score (nSPS) is 10.0. The molecule has 0 saturated heterocycles. The molecule has 0 aliphatic rings. The van der Waals surface area contributed by atoms with E-state index in [-0.39, 0.29) is 36.9 Å². The molecule has 1 aromatic carbocycles. The Hall–Kier alpha value is -2.48. The number of carbonyl (C=O) groups excluding carboxylic acids is 2. The molecule has 1 rings (SSSR count). The lowest BCUT2D eigenvalue weighted by atomic mass is 10.1. The average Bonchev–Trinajstić information content (AvgIpc) is 2.45. The first kappa shape index (κ1) is 16.6. The minimum Gasteiger partial charge on any atom is -0.493 e. The summed E-state index contributed by atoms with van der Waals surface area (Å²) in [6.45, 7) is 0.205. The van der Waals surface area contributed by atoms with E-state index in [0.29, 0.717) is 11.5 Å². The fourth-order valence-electron chi connectivity index (χ4n) is 1.60. The molecule has 0 heterocycles. The highest BCUT2D eigenvalue weighted by Crippen LogP contribution is 2.31. The number of ether oxygens (including phenoxy) is 3. The third-order valence-electron chi connectivity index (χ3n) is 2.58. The molecule has 0 unspecified atom stereocenters. The molecule has 0 aliphatic heterocycles. The molecule has 8 nitrogen and oxygen atoms in total. The summed E-state index contributed by atoms with van der Waals surface area (Å²) < 4.78 is 15.1. The number of hydrogen-bond acceptors (Lipinski definition) is 6. The molecule has 0 fully saturated rings. The lowest BCUT2D eigenvalue weighted by molar-refractivity contribution is -0.122. The number of benzene rings is 1. The van der Waals surface area contributed by atoms with Gasteiger partial charge in [0.05, 0.1) is 26.4 Å². The summed E-state index contributed by atoms with van der Waals surface area (Å²) >= 11 is 0. The number of hydrogen-bond donors (Lipinski definition) is 3. The number of carbonyl (C=O) groups is 2. The highest BCUT2D eigenvalue weighted by Gasteiger charge is 2.14. The van der Waals surface area contributed by atoms with E-state index >= 15 is 0 Å². The topological polar surface area (TPSA) is 126 Å². The van der Waals surface area contributed by atoms with Gasteiger partial charge in [0.25, 0.3) is 5.91 Å². The molecular weight excluding hydrogens is 278 g/mol. The summed E-state index contributed by atoms with van der Waals surface area (Å²) in [7, 11) is 2.94. The number of nitrogen functional groups attached to an aromatic ring is 1. The summed E-state index contributed by atoms with van der Waals surface area (Å²) in [6.07, 6.45) is 0. The van der Waals surface area contributed by atoms with Crippen LogP contribution < -0.4 is 26.3 Å². The molecule has 8 heteroatoms. The molecule has 0 spiro atoms. The minimum absolute atomic E-state index is 0.169. The number of nitrogens with one attached hydrogen (secondary N) is 1. The molecule has 0 atom stereocenters. The van der Waals surface area contributed by atoms with Crippen LogP contribution >= 0.6 is 0 Å². The van der Waals surface area contributed by atoms with E-state index in [1.165, 1.54) is 26.4 Å². The van der Waals surface area contributed by atoms with Gasteiger partial charge < -0.3 is 31.0 Å². The third-order valence-corrected chi connectivity index (χ3v) is 2.58. The van der Waals surface area contributed by atoms with Crippen molar-refractivity contribution < 1.29 is 23.8 Å². The molecule has 0 aliphatic carbocycles. The van der Waals surface area contributed by atoms with Gasteiger partial charge in [-0.3, -0.25) is 9.59 Å². The van der Waals surface area contributed by atoms with Crippen molar-refractivity contribution in [1.82, 2.24) is 5.32 Å². The zero-order chi connectivity index (χ0) is 15.8. The summed E-state index contributed by atoms with van der Waals surface area (Å²) in [6, 6.07) is 3.01. The Morgan fingerprint density at radius 3 is 2.38 bits per heavy atom. The van der Waals surface area contributed by atoms with Gasteiger partial charge in [0.15, 0.2) is 11.5 Å². The van der Waals surface area contributed by atoms with Crippen molar-refractivity contribution in [1.29, 1.82) is 0 Å². The van der Waals surface area contributed by atoms with E-state index in [2.05, 4.69) is 5.32 Å². The van der Waals surface area contributed by atoms with Gasteiger partial charge in [0, 0.05) is 18.3 Å². The van der Waals surface area contributed by atoms with Crippen LogP contribution in [-0.4, -0.2) is 45.8 Å². The molecule has 0 aromatic heterocycles. The van der Waals surface area contributed by atoms with Crippen molar-refractivity contribution in [3.63, 3.8) is 0 Å². The predicted molar refractivity (Wildman–Crippen MR) is 76.3 cm³/mol. The molecule has 0 bridgehead atoms. The Morgan fingerprint density at radius 2 is 1.81 bits per heavy atom. The molecule has 0 radical (unpaired) electrons. The Bertz CT molecular complexity index is 519. The van der Waals surface area contributed by atoms with Crippen LogP contribution in [0.15, 0.2) is 12.1 Å². The number of amides is 2. The monoisotopic (exact) mass is 297 g/mol. The zero-order valence-electron chi connectivity index (χ0n) is 12.0. The van der Waals surface area contributed by atoms with Crippen molar-refractivity contribution in [2.24, 2.45) is 5.73 Å². The molecular formula is C13H19N3O5. The van der Waals surface area contributed by atoms with Gasteiger partial charge in [-0.1, -0.05) is 0 Å². The van der Waals surface area contributed by atoms with Crippen LogP contribution in [0.2, 0.25) is 0 Å². The molecule has 116 valence electrons. The van der Waals surface area contributed by atoms with Gasteiger partial charge in [-0.25, -0.2) is 0 Å². The Balaban J connectivity index is 2.63. The van der Waals surface area contributed by atoms with E-state index in [0.717, 1.165) is 0 Å². The SMILES string of the molecule is COc1cc(N)c(C(=O)NCCOCC(N)=O)cc1OC. The first-order chi connectivity index (χ1) is 9.99. The minimum atomic E-state index is -0.564. The van der Waals surface area contributed by atoms with Crippen LogP contribution in [-0.2, 0) is 9.53 Å². The lowest BCUT2D eigenvalue weighted by Crippen LogP contribution is -2.29. The fourth-order valence-corrected chi connectivity index (χ4v) is 1.60. The second-order valence-electron chi connectivity index (χ2n) is 4.07. The van der Waals surface area contributed by atoms with Crippen LogP contribution in [0.5, 0.6) is 11.5 Å². The molecule has 2 amide bonds. The number of primary amides is 1. The first-order valence-corrected chi connectivity index (χ1v) is 6.15. The van der Waals surface area contributed by atoms with Gasteiger partial charge in [0.1, 0.15) is 6.61 Å². The van der Waals surface area contributed by atoms with Crippen molar-refractivity contribution in [3.05, 3.63) is 17.7 Å². The summed E-state index contributed by atoms with van der Waals surface area (Å²) in [5.74, 6) is -0.0974. The van der Waals surface area contributed by atoms with E-state index in [1.807, 2.05) is 0 Å². The zero-order valence-corrected chi connectivity index (χ0v) is 12.0. The van der Waals surface area contributed by atoms with Crippen LogP contribution in [0.25, 0.3) is 0 Å². The molecule has 1 aromatic rings. The van der Waals surface area contributed by atoms with Gasteiger partial charge >= 0.3 is 0 Å². The van der Waals surface area contributed by atoms with Gasteiger partial charge in [-0.05, 0) is 6.07 Å². The van der Waals surface area contributed by atoms with E-state index in [1.54, 1.807) is 0 Å². The second kappa shape index (κ2) is 7.95. The summed E-state index contributed by atoms with van der Waals surface area (Å²) in [5.41, 5.74) is 11.2. The molecule has 0 saturated carbocycles. The fraction of sp³-hybridized carbons (Fsp3) is 0.385. The Morgan fingerprint density at radius 1 is 1.19 bits per heavy atom. The van der Waals surface area contributed by atoms with Crippen molar-refractivity contribution in [2.45, 2.75) is 0 Å². The van der Waals surface area contributed by atoms with Gasteiger partial charge in [0.2, 0.25) is 5.91 Å². The molecule has 5 N–H and O–H groups in total. The predicted octanol–water partition coefficient (Wildman–Crippen LogP) is -0.482. The van der Waals surface area contributed by atoms with Crippen molar-refractivity contribution in [2.75, 3.05) is 39.7 Å². The standard InChI is InChI=1S/C13H19N3O5/c1-19-10-5-8(9(14)6-11(10)20-2)13(18)16-3-4-21-7-12(15)17/h5-6H,3-4,7,14H2,1-2H3,(H2,15,17)(H,16,18). The Kier molecular flexibility index (Phi) is 6.28. The number of methoxy groups -OCH3 is 2. The highest BCUT2D eigenvalue weighted by molar-refractivity contribution is 6.00. The third kappa shape index (κ3) is 4.84. The molecule has 21 heavy (non-hydrogen) atoms. The highest BCUT2D eigenvalue weighted by atomic mass is 16.5. The van der Waals surface area contributed by atoms with Gasteiger partial charge in [-0.2, -0.15) is 0 Å². The number of anilines is 1. The van der Waals surface area contributed by atoms with Crippen LogP contribution in [0.3, 0.4) is 0 Å². The largest absolute Gasteiger partial charge is 0.493 e. The van der Waals surface area contributed by atoms with Crippen LogP contribution in [0.1, 0.15) is 10.4 Å².